The molecule has 76 valence electrons. The van der Waals surface area contributed by atoms with Crippen molar-refractivity contribution in [2.24, 2.45) is 0 Å². The van der Waals surface area contributed by atoms with Crippen LogP contribution in [0.4, 0.5) is 0 Å². The van der Waals surface area contributed by atoms with Crippen molar-refractivity contribution < 1.29 is 4.74 Å². The first-order chi connectivity index (χ1) is 7.29. The van der Waals surface area contributed by atoms with E-state index in [9.17, 15) is 4.79 Å². The van der Waals surface area contributed by atoms with Gasteiger partial charge in [0.05, 0.1) is 19.5 Å². The highest BCUT2D eigenvalue weighted by atomic mass is 16.5. The largest absolute Gasteiger partial charge is 0.495 e. The summed E-state index contributed by atoms with van der Waals surface area (Å²) in [5.74, 6) is 0.646. The van der Waals surface area contributed by atoms with Gasteiger partial charge >= 0.3 is 0 Å². The third-order valence-corrected chi connectivity index (χ3v) is 1.95. The predicted molar refractivity (Wildman–Crippen MR) is 54.6 cm³/mol. The Morgan fingerprint density at radius 1 is 1.20 bits per heavy atom. The Morgan fingerprint density at radius 3 is 2.73 bits per heavy atom. The maximum atomic E-state index is 11.0. The van der Waals surface area contributed by atoms with Gasteiger partial charge in [0.1, 0.15) is 5.75 Å². The van der Waals surface area contributed by atoms with Gasteiger partial charge in [0.15, 0.2) is 0 Å². The zero-order valence-corrected chi connectivity index (χ0v) is 8.10. The second-order valence-corrected chi connectivity index (χ2v) is 2.95. The summed E-state index contributed by atoms with van der Waals surface area (Å²) in [5.41, 5.74) is 1.27. The quantitative estimate of drug-likeness (QED) is 0.785. The van der Waals surface area contributed by atoms with Crippen molar-refractivity contribution in [3.8, 4) is 16.9 Å². The summed E-state index contributed by atoms with van der Waals surface area (Å²) in [4.78, 5) is 15.0. The molecule has 2 rings (SSSR count). The second kappa shape index (κ2) is 3.91. The topological polar surface area (TPSA) is 67.9 Å². The van der Waals surface area contributed by atoms with E-state index in [1.54, 1.807) is 31.8 Å². The molecular weight excluding hydrogens is 194 g/mol. The van der Waals surface area contributed by atoms with Crippen LogP contribution < -0.4 is 10.3 Å². The number of aromatic nitrogens is 3. The second-order valence-electron chi connectivity index (χ2n) is 2.95. The first-order valence-electron chi connectivity index (χ1n) is 4.34. The van der Waals surface area contributed by atoms with Crippen molar-refractivity contribution >= 4 is 0 Å². The number of hydrogen-bond donors (Lipinski definition) is 1. The number of ether oxygens (including phenoxy) is 1. The number of H-pyrrole nitrogens is 1. The molecule has 2 aromatic rings. The maximum Gasteiger partial charge on any atom is 0.264 e. The number of pyridine rings is 1. The Hall–Kier alpha value is -2.17. The molecule has 0 saturated carbocycles. The number of nitrogens with one attached hydrogen (secondary N) is 1. The molecule has 2 heterocycles. The lowest BCUT2D eigenvalue weighted by Crippen LogP contribution is -2.05. The normalized spacial score (nSPS) is 9.93. The minimum atomic E-state index is -0.240. The minimum absolute atomic E-state index is 0.240. The lowest BCUT2D eigenvalue weighted by molar-refractivity contribution is 0.413. The van der Waals surface area contributed by atoms with Crippen LogP contribution in [0.15, 0.2) is 35.5 Å². The molecule has 0 radical (unpaired) electrons. The fraction of sp³-hybridized carbons (Fsp3) is 0.100. The minimum Gasteiger partial charge on any atom is -0.495 e. The van der Waals surface area contributed by atoms with Gasteiger partial charge in [0.2, 0.25) is 0 Å². The number of aromatic amines is 1. The van der Waals surface area contributed by atoms with E-state index in [4.69, 9.17) is 4.74 Å². The van der Waals surface area contributed by atoms with Crippen LogP contribution >= 0.6 is 0 Å². The van der Waals surface area contributed by atoms with E-state index in [0.717, 1.165) is 5.56 Å². The molecule has 0 bridgehead atoms. The lowest BCUT2D eigenvalue weighted by Gasteiger charge is -2.02. The highest BCUT2D eigenvalue weighted by Crippen LogP contribution is 2.19. The van der Waals surface area contributed by atoms with E-state index >= 15 is 0 Å². The van der Waals surface area contributed by atoms with Crippen molar-refractivity contribution in [3.05, 3.63) is 41.1 Å². The summed E-state index contributed by atoms with van der Waals surface area (Å²) in [6.45, 7) is 0. The fourth-order valence-corrected chi connectivity index (χ4v) is 1.22. The van der Waals surface area contributed by atoms with E-state index in [1.165, 1.54) is 6.07 Å². The number of hydrogen-bond acceptors (Lipinski definition) is 4. The molecule has 0 amide bonds. The van der Waals surface area contributed by atoms with Crippen LogP contribution in [0.1, 0.15) is 0 Å². The first kappa shape index (κ1) is 9.39. The molecule has 15 heavy (non-hydrogen) atoms. The average Bonchev–Trinajstić information content (AvgIpc) is 2.29. The maximum absolute atomic E-state index is 11.0. The van der Waals surface area contributed by atoms with Gasteiger partial charge < -0.3 is 4.74 Å². The molecule has 0 fully saturated rings. The van der Waals surface area contributed by atoms with E-state index in [0.29, 0.717) is 11.3 Å². The number of methoxy groups -OCH3 is 1. The van der Waals surface area contributed by atoms with Crippen LogP contribution in [-0.4, -0.2) is 22.3 Å². The molecular formula is C10H9N3O2. The monoisotopic (exact) mass is 203 g/mol. The Bertz CT molecular complexity index is 522. The molecule has 0 aliphatic heterocycles. The van der Waals surface area contributed by atoms with Crippen molar-refractivity contribution in [2.45, 2.75) is 0 Å². The number of rotatable bonds is 2. The van der Waals surface area contributed by atoms with Gasteiger partial charge in [-0.05, 0) is 6.07 Å². The average molecular weight is 203 g/mol. The predicted octanol–water partition coefficient (Wildman–Crippen LogP) is 0.840. The van der Waals surface area contributed by atoms with Crippen LogP contribution in [0.3, 0.4) is 0 Å². The van der Waals surface area contributed by atoms with Gasteiger partial charge in [-0.3, -0.25) is 9.78 Å². The summed E-state index contributed by atoms with van der Waals surface area (Å²) in [5, 5.41) is 6.02. The van der Waals surface area contributed by atoms with Gasteiger partial charge in [-0.1, -0.05) is 0 Å². The van der Waals surface area contributed by atoms with Gasteiger partial charge in [0.25, 0.3) is 5.56 Å². The van der Waals surface area contributed by atoms with Crippen molar-refractivity contribution in [3.63, 3.8) is 0 Å². The van der Waals surface area contributed by atoms with Crippen molar-refractivity contribution in [1.82, 2.24) is 15.2 Å². The summed E-state index contributed by atoms with van der Waals surface area (Å²) < 4.78 is 5.04. The zero-order valence-electron chi connectivity index (χ0n) is 8.10. The van der Waals surface area contributed by atoms with Crippen LogP contribution in [0.25, 0.3) is 11.1 Å². The van der Waals surface area contributed by atoms with Crippen molar-refractivity contribution in [2.75, 3.05) is 7.11 Å². The standard InChI is InChI=1S/C10H9N3O2/c1-15-9-2-7(4-11-6-9)8-3-10(14)13-12-5-8/h2-6H,1H3,(H,13,14). The van der Waals surface area contributed by atoms with Gasteiger partial charge in [-0.2, -0.15) is 5.10 Å². The molecule has 0 saturated heterocycles. The summed E-state index contributed by atoms with van der Waals surface area (Å²) >= 11 is 0. The highest BCUT2D eigenvalue weighted by molar-refractivity contribution is 5.62. The first-order valence-corrected chi connectivity index (χ1v) is 4.34. The molecule has 0 unspecified atom stereocenters. The van der Waals surface area contributed by atoms with Crippen LogP contribution in [-0.2, 0) is 0 Å². The van der Waals surface area contributed by atoms with E-state index in [-0.39, 0.29) is 5.56 Å². The lowest BCUT2D eigenvalue weighted by atomic mass is 10.1. The molecule has 5 heteroatoms. The summed E-state index contributed by atoms with van der Waals surface area (Å²) in [6, 6.07) is 3.26. The summed E-state index contributed by atoms with van der Waals surface area (Å²) in [7, 11) is 1.57. The molecule has 2 aromatic heterocycles. The van der Waals surface area contributed by atoms with Gasteiger partial charge in [0, 0.05) is 23.4 Å². The van der Waals surface area contributed by atoms with Crippen molar-refractivity contribution in [1.29, 1.82) is 0 Å². The van der Waals surface area contributed by atoms with Gasteiger partial charge in [-0.15, -0.1) is 0 Å². The van der Waals surface area contributed by atoms with E-state index in [1.807, 2.05) is 0 Å². The number of nitrogens with zero attached hydrogens (tertiary/aromatic N) is 2. The third-order valence-electron chi connectivity index (χ3n) is 1.95. The summed E-state index contributed by atoms with van der Waals surface area (Å²) in [6.07, 6.45) is 4.82. The van der Waals surface area contributed by atoms with E-state index < -0.39 is 0 Å². The molecule has 0 atom stereocenters. The fourth-order valence-electron chi connectivity index (χ4n) is 1.22. The third kappa shape index (κ3) is 2.01. The molecule has 1 N–H and O–H groups in total. The van der Waals surface area contributed by atoms with E-state index in [2.05, 4.69) is 15.2 Å². The van der Waals surface area contributed by atoms with Crippen LogP contribution in [0.2, 0.25) is 0 Å². The molecule has 0 aromatic carbocycles. The highest BCUT2D eigenvalue weighted by Gasteiger charge is 2.01. The van der Waals surface area contributed by atoms with Crippen LogP contribution in [0.5, 0.6) is 5.75 Å². The molecule has 5 nitrogen and oxygen atoms in total. The smallest absolute Gasteiger partial charge is 0.264 e. The molecule has 0 aliphatic carbocycles. The van der Waals surface area contributed by atoms with Gasteiger partial charge in [-0.25, -0.2) is 5.10 Å². The SMILES string of the molecule is COc1cncc(-c2cn[nH]c(=O)c2)c1. The molecule has 0 spiro atoms. The Labute approximate surface area is 85.8 Å². The Morgan fingerprint density at radius 2 is 2.00 bits per heavy atom. The Kier molecular flexibility index (Phi) is 2.45. The molecule has 0 aliphatic rings. The Balaban J connectivity index is 2.49. The zero-order chi connectivity index (χ0) is 10.7. The van der Waals surface area contributed by atoms with Crippen LogP contribution in [0, 0.1) is 0 Å².